The lowest BCUT2D eigenvalue weighted by Gasteiger charge is -2.16. The van der Waals surface area contributed by atoms with Crippen molar-refractivity contribution in [3.05, 3.63) is 64.6 Å². The number of fused-ring (bicyclic) bond motifs is 1. The predicted octanol–water partition coefficient (Wildman–Crippen LogP) is 1.11. The fourth-order valence-corrected chi connectivity index (χ4v) is 4.32. The molecule has 3 aromatic rings. The molecule has 1 aromatic heterocycles. The van der Waals surface area contributed by atoms with E-state index in [1.54, 1.807) is 38.1 Å². The van der Waals surface area contributed by atoms with Gasteiger partial charge in [-0.3, -0.25) is 25.2 Å². The second-order valence-corrected chi connectivity index (χ2v) is 9.41. The Morgan fingerprint density at radius 1 is 0.971 bits per heavy atom. The number of hydrogen-bond donors (Lipinski definition) is 3. The standard InChI is InChI=1S/C22H25N5O6S/c1-13(2)27-22(30)18-8-6-5-7-17(18)19(25-27)21(29)24-23-20(28)14(3)26-34(31,32)16-11-9-15(33-4)10-12-16/h5-14,26H,1-4H3,(H,23,28)(H,24,29)/t14-/m0/s1. The van der Waals surface area contributed by atoms with Crippen LogP contribution in [0.2, 0.25) is 0 Å². The minimum Gasteiger partial charge on any atom is -0.497 e. The smallest absolute Gasteiger partial charge is 0.290 e. The molecule has 1 heterocycles. The number of amides is 2. The number of methoxy groups -OCH3 is 1. The Kier molecular flexibility index (Phi) is 7.32. The number of rotatable bonds is 7. The fraction of sp³-hybridized carbons (Fsp3) is 0.273. The van der Waals surface area contributed by atoms with Gasteiger partial charge in [0, 0.05) is 5.39 Å². The van der Waals surface area contributed by atoms with Gasteiger partial charge in [-0.1, -0.05) is 18.2 Å². The third-order valence-electron chi connectivity index (χ3n) is 4.93. The van der Waals surface area contributed by atoms with Crippen molar-refractivity contribution in [1.29, 1.82) is 0 Å². The summed E-state index contributed by atoms with van der Waals surface area (Å²) in [5, 5.41) is 4.79. The SMILES string of the molecule is COc1ccc(S(=O)(=O)N[C@@H](C)C(=O)NNC(=O)c2nn(C(C)C)c(=O)c3ccccc23)cc1. The van der Waals surface area contributed by atoms with Gasteiger partial charge in [0.2, 0.25) is 10.0 Å². The maximum Gasteiger partial charge on any atom is 0.290 e. The molecule has 0 aliphatic carbocycles. The van der Waals surface area contributed by atoms with Crippen molar-refractivity contribution in [3.63, 3.8) is 0 Å². The van der Waals surface area contributed by atoms with Crippen molar-refractivity contribution < 1.29 is 22.7 Å². The zero-order chi connectivity index (χ0) is 25.0. The molecule has 2 amide bonds. The summed E-state index contributed by atoms with van der Waals surface area (Å²) in [6.07, 6.45) is 0. The zero-order valence-corrected chi connectivity index (χ0v) is 19.8. The van der Waals surface area contributed by atoms with Gasteiger partial charge in [0.15, 0.2) is 5.69 Å². The molecule has 0 saturated heterocycles. The van der Waals surface area contributed by atoms with Crippen LogP contribution in [-0.2, 0) is 14.8 Å². The summed E-state index contributed by atoms with van der Waals surface area (Å²) in [7, 11) is -2.54. The van der Waals surface area contributed by atoms with Gasteiger partial charge < -0.3 is 4.74 Å². The quantitative estimate of drug-likeness (QED) is 0.423. The van der Waals surface area contributed by atoms with Gasteiger partial charge in [0.1, 0.15) is 5.75 Å². The first-order valence-electron chi connectivity index (χ1n) is 10.3. The minimum absolute atomic E-state index is 0.0522. The number of benzene rings is 2. The van der Waals surface area contributed by atoms with Gasteiger partial charge >= 0.3 is 0 Å². The van der Waals surface area contributed by atoms with Gasteiger partial charge in [-0.2, -0.15) is 9.82 Å². The zero-order valence-electron chi connectivity index (χ0n) is 19.0. The fourth-order valence-electron chi connectivity index (χ4n) is 3.12. The van der Waals surface area contributed by atoms with Gasteiger partial charge in [-0.25, -0.2) is 13.1 Å². The number of hydrogen-bond acceptors (Lipinski definition) is 7. The molecule has 180 valence electrons. The van der Waals surface area contributed by atoms with Crippen molar-refractivity contribution in [2.24, 2.45) is 0 Å². The molecule has 0 bridgehead atoms. The highest BCUT2D eigenvalue weighted by molar-refractivity contribution is 7.89. The second kappa shape index (κ2) is 10.0. The maximum absolute atomic E-state index is 12.8. The molecule has 0 radical (unpaired) electrons. The molecule has 2 aromatic carbocycles. The van der Waals surface area contributed by atoms with Crippen LogP contribution in [0.25, 0.3) is 10.8 Å². The van der Waals surface area contributed by atoms with Gasteiger partial charge in [-0.05, 0) is 51.1 Å². The Bertz CT molecular complexity index is 1380. The van der Waals surface area contributed by atoms with Gasteiger partial charge in [0.05, 0.1) is 29.5 Å². The molecule has 0 fully saturated rings. The molecular weight excluding hydrogens is 462 g/mol. The van der Waals surface area contributed by atoms with Crippen molar-refractivity contribution in [2.45, 2.75) is 37.8 Å². The van der Waals surface area contributed by atoms with Crippen LogP contribution in [0.1, 0.15) is 37.3 Å². The van der Waals surface area contributed by atoms with Crippen molar-refractivity contribution >= 4 is 32.6 Å². The lowest BCUT2D eigenvalue weighted by molar-refractivity contribution is -0.123. The molecule has 3 N–H and O–H groups in total. The van der Waals surface area contributed by atoms with Crippen LogP contribution in [0, 0.1) is 0 Å². The van der Waals surface area contributed by atoms with Gasteiger partial charge in [0.25, 0.3) is 17.4 Å². The van der Waals surface area contributed by atoms with E-state index in [2.05, 4.69) is 20.7 Å². The summed E-state index contributed by atoms with van der Waals surface area (Å²) in [4.78, 5) is 37.8. The Morgan fingerprint density at radius 2 is 1.59 bits per heavy atom. The third kappa shape index (κ3) is 5.24. The van der Waals surface area contributed by atoms with Crippen LogP contribution in [0.3, 0.4) is 0 Å². The highest BCUT2D eigenvalue weighted by Crippen LogP contribution is 2.16. The van der Waals surface area contributed by atoms with E-state index in [1.165, 1.54) is 43.0 Å². The summed E-state index contributed by atoms with van der Waals surface area (Å²) >= 11 is 0. The lowest BCUT2D eigenvalue weighted by atomic mass is 10.1. The highest BCUT2D eigenvalue weighted by Gasteiger charge is 2.23. The van der Waals surface area contributed by atoms with Crippen LogP contribution in [-0.4, -0.2) is 43.2 Å². The number of carbonyl (C=O) groups is 2. The average molecular weight is 488 g/mol. The number of nitrogens with zero attached hydrogens (tertiary/aromatic N) is 2. The van der Waals surface area contributed by atoms with Crippen LogP contribution in [0.4, 0.5) is 0 Å². The van der Waals surface area contributed by atoms with E-state index in [1.807, 2.05) is 0 Å². The van der Waals surface area contributed by atoms with E-state index >= 15 is 0 Å². The van der Waals surface area contributed by atoms with Crippen LogP contribution >= 0.6 is 0 Å². The first-order chi connectivity index (χ1) is 16.0. The molecule has 0 unspecified atom stereocenters. The molecule has 0 aliphatic rings. The van der Waals surface area contributed by atoms with E-state index in [-0.39, 0.29) is 22.2 Å². The van der Waals surface area contributed by atoms with Crippen LogP contribution in [0.5, 0.6) is 5.75 Å². The second-order valence-electron chi connectivity index (χ2n) is 7.70. The average Bonchev–Trinajstić information content (AvgIpc) is 2.82. The van der Waals surface area contributed by atoms with Crippen LogP contribution < -0.4 is 25.9 Å². The summed E-state index contributed by atoms with van der Waals surface area (Å²) in [5.74, 6) is -1.08. The Labute approximate surface area is 196 Å². The lowest BCUT2D eigenvalue weighted by Crippen LogP contribution is -2.51. The van der Waals surface area contributed by atoms with E-state index in [4.69, 9.17) is 4.74 Å². The number of nitrogens with one attached hydrogen (secondary N) is 3. The number of sulfonamides is 1. The largest absolute Gasteiger partial charge is 0.497 e. The summed E-state index contributed by atoms with van der Waals surface area (Å²) in [6.45, 7) is 4.83. The van der Waals surface area contributed by atoms with Crippen molar-refractivity contribution in [3.8, 4) is 5.75 Å². The summed E-state index contributed by atoms with van der Waals surface area (Å²) in [6, 6.07) is 10.6. The topological polar surface area (TPSA) is 148 Å². The number of aromatic nitrogens is 2. The molecule has 0 saturated carbocycles. The van der Waals surface area contributed by atoms with Crippen molar-refractivity contribution in [2.75, 3.05) is 7.11 Å². The Balaban J connectivity index is 1.73. The molecule has 1 atom stereocenters. The molecule has 11 nitrogen and oxygen atoms in total. The maximum atomic E-state index is 12.8. The van der Waals surface area contributed by atoms with E-state index in [9.17, 15) is 22.8 Å². The van der Waals surface area contributed by atoms with Gasteiger partial charge in [-0.15, -0.1) is 0 Å². The summed E-state index contributed by atoms with van der Waals surface area (Å²) < 4.78 is 33.5. The molecule has 0 spiro atoms. The number of hydrazine groups is 1. The molecular formula is C22H25N5O6S. The molecule has 34 heavy (non-hydrogen) atoms. The molecule has 12 heteroatoms. The van der Waals surface area contributed by atoms with Crippen LogP contribution in [0.15, 0.2) is 58.2 Å². The third-order valence-corrected chi connectivity index (χ3v) is 6.48. The van der Waals surface area contributed by atoms with E-state index < -0.39 is 27.9 Å². The minimum atomic E-state index is -4.00. The van der Waals surface area contributed by atoms with E-state index in [0.717, 1.165) is 0 Å². The number of carbonyl (C=O) groups excluding carboxylic acids is 2. The predicted molar refractivity (Wildman–Crippen MR) is 125 cm³/mol. The molecule has 3 rings (SSSR count). The van der Waals surface area contributed by atoms with Crippen molar-refractivity contribution in [1.82, 2.24) is 25.4 Å². The Hall–Kier alpha value is -3.77. The normalized spacial score (nSPS) is 12.4. The molecule has 0 aliphatic heterocycles. The Morgan fingerprint density at radius 3 is 2.18 bits per heavy atom. The van der Waals surface area contributed by atoms with E-state index in [0.29, 0.717) is 16.5 Å². The first kappa shape index (κ1) is 24.9. The first-order valence-corrected chi connectivity index (χ1v) is 11.8. The summed E-state index contributed by atoms with van der Waals surface area (Å²) in [5.41, 5.74) is 4.02. The monoisotopic (exact) mass is 487 g/mol. The number of ether oxygens (including phenoxy) is 1. The highest BCUT2D eigenvalue weighted by atomic mass is 32.2.